The van der Waals surface area contributed by atoms with Crippen molar-refractivity contribution in [2.45, 2.75) is 18.9 Å². The van der Waals surface area contributed by atoms with Crippen LogP contribution in [0.15, 0.2) is 52.1 Å². The fourth-order valence-corrected chi connectivity index (χ4v) is 3.29. The number of amides is 2. The summed E-state index contributed by atoms with van der Waals surface area (Å²) in [6.07, 6.45) is 3.40. The van der Waals surface area contributed by atoms with Crippen molar-refractivity contribution in [3.63, 3.8) is 0 Å². The minimum atomic E-state index is -0.333. The SMILES string of the molecule is CCNC(=O)c1cccc(NC(=O)c2c(C)nc(-c3ccco3)nc2SC)c1. The molecule has 0 atom stereocenters. The molecule has 0 saturated heterocycles. The fourth-order valence-electron chi connectivity index (χ4n) is 2.67. The Bertz CT molecular complexity index is 1000. The van der Waals surface area contributed by atoms with E-state index in [1.165, 1.54) is 11.8 Å². The van der Waals surface area contributed by atoms with Gasteiger partial charge >= 0.3 is 0 Å². The predicted molar refractivity (Wildman–Crippen MR) is 109 cm³/mol. The highest BCUT2D eigenvalue weighted by molar-refractivity contribution is 7.98. The molecule has 7 nitrogen and oxygen atoms in total. The Kier molecular flexibility index (Phi) is 6.10. The highest BCUT2D eigenvalue weighted by Crippen LogP contribution is 2.26. The maximum atomic E-state index is 12.9. The molecule has 0 spiro atoms. The zero-order chi connectivity index (χ0) is 20.1. The van der Waals surface area contributed by atoms with Gasteiger partial charge in [-0.15, -0.1) is 11.8 Å². The van der Waals surface area contributed by atoms with Gasteiger partial charge in [0.15, 0.2) is 11.6 Å². The van der Waals surface area contributed by atoms with Gasteiger partial charge in [-0.1, -0.05) is 6.07 Å². The van der Waals surface area contributed by atoms with Crippen LogP contribution in [0.2, 0.25) is 0 Å². The maximum absolute atomic E-state index is 12.9. The first-order valence-corrected chi connectivity index (χ1v) is 9.92. The molecule has 3 aromatic rings. The number of nitrogens with zero attached hydrogens (tertiary/aromatic N) is 2. The van der Waals surface area contributed by atoms with Crippen LogP contribution in [0.5, 0.6) is 0 Å². The normalized spacial score (nSPS) is 10.5. The second kappa shape index (κ2) is 8.71. The number of benzene rings is 1. The summed E-state index contributed by atoms with van der Waals surface area (Å²) < 4.78 is 5.35. The molecule has 2 amide bonds. The summed E-state index contributed by atoms with van der Waals surface area (Å²) in [5.74, 6) is 0.452. The van der Waals surface area contributed by atoms with Crippen molar-refractivity contribution >= 4 is 29.3 Å². The van der Waals surface area contributed by atoms with Crippen LogP contribution < -0.4 is 10.6 Å². The van der Waals surface area contributed by atoms with Gasteiger partial charge in [0.05, 0.1) is 17.5 Å². The minimum Gasteiger partial charge on any atom is -0.461 e. The number of anilines is 1. The molecule has 0 radical (unpaired) electrons. The lowest BCUT2D eigenvalue weighted by molar-refractivity contribution is 0.0954. The van der Waals surface area contributed by atoms with Gasteiger partial charge in [-0.25, -0.2) is 9.97 Å². The van der Waals surface area contributed by atoms with E-state index in [9.17, 15) is 9.59 Å². The zero-order valence-corrected chi connectivity index (χ0v) is 16.6. The zero-order valence-electron chi connectivity index (χ0n) is 15.8. The smallest absolute Gasteiger partial charge is 0.260 e. The maximum Gasteiger partial charge on any atom is 0.260 e. The average molecular weight is 396 g/mol. The summed E-state index contributed by atoms with van der Waals surface area (Å²) in [6.45, 7) is 4.14. The molecule has 0 aliphatic carbocycles. The number of hydrogen-bond acceptors (Lipinski definition) is 6. The lowest BCUT2D eigenvalue weighted by Gasteiger charge is -2.12. The van der Waals surface area contributed by atoms with E-state index < -0.39 is 0 Å². The van der Waals surface area contributed by atoms with E-state index in [0.717, 1.165) is 0 Å². The standard InChI is InChI=1S/C20H20N4O3S/c1-4-21-18(25)13-7-5-8-14(11-13)23-19(26)16-12(2)22-17(24-20(16)28-3)15-9-6-10-27-15/h5-11H,4H2,1-3H3,(H,21,25)(H,23,26). The number of aryl methyl sites for hydroxylation is 1. The molecule has 0 saturated carbocycles. The van der Waals surface area contributed by atoms with Gasteiger partial charge in [-0.2, -0.15) is 0 Å². The van der Waals surface area contributed by atoms with Crippen molar-refractivity contribution in [1.82, 2.24) is 15.3 Å². The first-order valence-electron chi connectivity index (χ1n) is 8.69. The summed E-state index contributed by atoms with van der Waals surface area (Å²) in [5, 5.41) is 6.12. The van der Waals surface area contributed by atoms with Gasteiger partial charge in [0, 0.05) is 17.8 Å². The number of aromatic nitrogens is 2. The lowest BCUT2D eigenvalue weighted by Crippen LogP contribution is -2.23. The topological polar surface area (TPSA) is 97.1 Å². The Balaban J connectivity index is 1.89. The molecule has 0 unspecified atom stereocenters. The summed E-state index contributed by atoms with van der Waals surface area (Å²) in [6, 6.07) is 10.3. The van der Waals surface area contributed by atoms with E-state index in [-0.39, 0.29) is 11.8 Å². The van der Waals surface area contributed by atoms with E-state index in [1.807, 2.05) is 13.2 Å². The molecule has 0 bridgehead atoms. The van der Waals surface area contributed by atoms with Gasteiger partial charge in [-0.05, 0) is 50.4 Å². The van der Waals surface area contributed by atoms with Gasteiger partial charge in [0.1, 0.15) is 5.03 Å². The van der Waals surface area contributed by atoms with E-state index in [0.29, 0.717) is 45.7 Å². The quantitative estimate of drug-likeness (QED) is 0.486. The third-order valence-corrected chi connectivity index (χ3v) is 4.62. The number of carbonyl (C=O) groups excluding carboxylic acids is 2. The van der Waals surface area contributed by atoms with E-state index in [4.69, 9.17) is 4.42 Å². The van der Waals surface area contributed by atoms with Crippen molar-refractivity contribution < 1.29 is 14.0 Å². The summed E-state index contributed by atoms with van der Waals surface area (Å²) >= 11 is 1.36. The van der Waals surface area contributed by atoms with Crippen molar-refractivity contribution in [3.05, 3.63) is 59.5 Å². The molecule has 2 N–H and O–H groups in total. The second-order valence-corrected chi connectivity index (χ2v) is 6.68. The molecule has 2 aromatic heterocycles. The second-order valence-electron chi connectivity index (χ2n) is 5.89. The number of rotatable bonds is 6. The van der Waals surface area contributed by atoms with Gasteiger partial charge in [-0.3, -0.25) is 9.59 Å². The third kappa shape index (κ3) is 4.23. The molecule has 1 aromatic carbocycles. The summed E-state index contributed by atoms with van der Waals surface area (Å²) in [4.78, 5) is 33.8. The molecular weight excluding hydrogens is 376 g/mol. The number of nitrogens with one attached hydrogen (secondary N) is 2. The Morgan fingerprint density at radius 2 is 1.96 bits per heavy atom. The number of hydrogen-bond donors (Lipinski definition) is 2. The van der Waals surface area contributed by atoms with Crippen LogP contribution in [0.3, 0.4) is 0 Å². The first kappa shape index (κ1) is 19.6. The highest BCUT2D eigenvalue weighted by Gasteiger charge is 2.20. The molecule has 28 heavy (non-hydrogen) atoms. The third-order valence-electron chi connectivity index (χ3n) is 3.94. The molecular formula is C20H20N4O3S. The van der Waals surface area contributed by atoms with Crippen molar-refractivity contribution in [2.24, 2.45) is 0 Å². The van der Waals surface area contributed by atoms with Gasteiger partial charge in [0.2, 0.25) is 0 Å². The van der Waals surface area contributed by atoms with Crippen molar-refractivity contribution in [2.75, 3.05) is 18.1 Å². The van der Waals surface area contributed by atoms with Gasteiger partial charge < -0.3 is 15.1 Å². The van der Waals surface area contributed by atoms with Crippen LogP contribution in [0.1, 0.15) is 33.3 Å². The monoisotopic (exact) mass is 396 g/mol. The largest absolute Gasteiger partial charge is 0.461 e. The van der Waals surface area contributed by atoms with E-state index in [2.05, 4.69) is 20.6 Å². The molecule has 8 heteroatoms. The summed E-state index contributed by atoms with van der Waals surface area (Å²) in [7, 11) is 0. The van der Waals surface area contributed by atoms with Crippen LogP contribution in [-0.4, -0.2) is 34.6 Å². The lowest BCUT2D eigenvalue weighted by atomic mass is 10.1. The first-order chi connectivity index (χ1) is 13.5. The Morgan fingerprint density at radius 1 is 1.14 bits per heavy atom. The molecule has 144 valence electrons. The molecule has 0 fully saturated rings. The Morgan fingerprint density at radius 3 is 2.64 bits per heavy atom. The van der Waals surface area contributed by atoms with E-state index in [1.54, 1.807) is 49.6 Å². The number of furan rings is 1. The van der Waals surface area contributed by atoms with Crippen molar-refractivity contribution in [3.8, 4) is 11.6 Å². The van der Waals surface area contributed by atoms with Crippen LogP contribution >= 0.6 is 11.8 Å². The summed E-state index contributed by atoms with van der Waals surface area (Å²) in [5.41, 5.74) is 1.94. The Hall–Kier alpha value is -3.13. The van der Waals surface area contributed by atoms with Crippen LogP contribution in [0, 0.1) is 6.92 Å². The van der Waals surface area contributed by atoms with Crippen molar-refractivity contribution in [1.29, 1.82) is 0 Å². The highest BCUT2D eigenvalue weighted by atomic mass is 32.2. The molecule has 0 aliphatic rings. The Labute approximate surface area is 167 Å². The predicted octanol–water partition coefficient (Wildman–Crippen LogP) is 3.77. The number of thioether (sulfide) groups is 1. The molecule has 2 heterocycles. The molecule has 0 aliphatic heterocycles. The fraction of sp³-hybridized carbons (Fsp3) is 0.200. The van der Waals surface area contributed by atoms with Crippen LogP contribution in [-0.2, 0) is 0 Å². The molecule has 3 rings (SSSR count). The number of carbonyl (C=O) groups is 2. The van der Waals surface area contributed by atoms with Crippen LogP contribution in [0.25, 0.3) is 11.6 Å². The van der Waals surface area contributed by atoms with Crippen LogP contribution in [0.4, 0.5) is 5.69 Å². The minimum absolute atomic E-state index is 0.189. The average Bonchev–Trinajstić information content (AvgIpc) is 3.22. The van der Waals surface area contributed by atoms with E-state index >= 15 is 0 Å². The van der Waals surface area contributed by atoms with Gasteiger partial charge in [0.25, 0.3) is 11.8 Å².